The van der Waals surface area contributed by atoms with Crippen LogP contribution in [0.1, 0.15) is 49.4 Å². The van der Waals surface area contributed by atoms with Gasteiger partial charge in [0, 0.05) is 32.9 Å². The van der Waals surface area contributed by atoms with Gasteiger partial charge in [0.05, 0.1) is 0 Å². The van der Waals surface area contributed by atoms with Crippen molar-refractivity contribution in [2.75, 3.05) is 27.2 Å². The van der Waals surface area contributed by atoms with Crippen LogP contribution in [0.3, 0.4) is 0 Å². The number of likely N-dealkylation sites (N-methyl/N-ethyl adjacent to an activating group) is 1. The van der Waals surface area contributed by atoms with E-state index in [2.05, 4.69) is 48.4 Å². The number of aryl methyl sites for hydroxylation is 2. The van der Waals surface area contributed by atoms with Gasteiger partial charge in [-0.2, -0.15) is 0 Å². The van der Waals surface area contributed by atoms with Gasteiger partial charge in [0.25, 0.3) is 5.91 Å². The van der Waals surface area contributed by atoms with Gasteiger partial charge in [-0.05, 0) is 61.8 Å². The summed E-state index contributed by atoms with van der Waals surface area (Å²) in [7, 11) is 6.01. The van der Waals surface area contributed by atoms with Crippen molar-refractivity contribution >= 4 is 5.91 Å². The van der Waals surface area contributed by atoms with Gasteiger partial charge >= 0.3 is 0 Å². The molecular formula is C19H31N7O. The number of hydrogen-bond donors (Lipinski definition) is 0. The molecule has 1 aliphatic heterocycles. The van der Waals surface area contributed by atoms with Crippen LogP contribution in [0.5, 0.6) is 0 Å². The largest absolute Gasteiger partial charge is 0.347 e. The van der Waals surface area contributed by atoms with Crippen LogP contribution < -0.4 is 0 Å². The standard InChI is InChI=1S/C19H31N7O/c1-15(2)9-13-26-18(20-21-22-26)19(23(3)4)10-7-12-25(14-19)17(27)16-8-6-11-24(16)5/h6,8,11,15H,7,9-10,12-14H2,1-5H3/t19-/m0/s1. The summed E-state index contributed by atoms with van der Waals surface area (Å²) in [6.45, 7) is 6.54. The zero-order valence-electron chi connectivity index (χ0n) is 17.1. The van der Waals surface area contributed by atoms with Gasteiger partial charge in [0.1, 0.15) is 11.2 Å². The van der Waals surface area contributed by atoms with Gasteiger partial charge < -0.3 is 9.47 Å². The lowest BCUT2D eigenvalue weighted by Gasteiger charge is -2.45. The Bertz CT molecular complexity index is 779. The van der Waals surface area contributed by atoms with Gasteiger partial charge in [-0.1, -0.05) is 13.8 Å². The average molecular weight is 374 g/mol. The number of piperidine rings is 1. The molecule has 2 aromatic rings. The second kappa shape index (κ2) is 7.80. The molecule has 1 aliphatic rings. The molecule has 27 heavy (non-hydrogen) atoms. The van der Waals surface area contributed by atoms with E-state index >= 15 is 0 Å². The summed E-state index contributed by atoms with van der Waals surface area (Å²) in [5.74, 6) is 1.51. The second-order valence-corrected chi connectivity index (χ2v) is 8.17. The van der Waals surface area contributed by atoms with E-state index in [0.717, 1.165) is 38.2 Å². The van der Waals surface area contributed by atoms with Crippen molar-refractivity contribution < 1.29 is 4.79 Å². The summed E-state index contributed by atoms with van der Waals surface area (Å²) in [5, 5.41) is 12.6. The maximum absolute atomic E-state index is 13.1. The molecule has 3 rings (SSSR count). The third kappa shape index (κ3) is 3.76. The number of amides is 1. The van der Waals surface area contributed by atoms with E-state index in [4.69, 9.17) is 0 Å². The van der Waals surface area contributed by atoms with Crippen molar-refractivity contribution in [3.63, 3.8) is 0 Å². The fourth-order valence-electron chi connectivity index (χ4n) is 3.87. The molecule has 1 saturated heterocycles. The minimum Gasteiger partial charge on any atom is -0.347 e. The number of carbonyl (C=O) groups is 1. The van der Waals surface area contributed by atoms with Crippen molar-refractivity contribution in [3.8, 4) is 0 Å². The van der Waals surface area contributed by atoms with Crippen molar-refractivity contribution in [3.05, 3.63) is 29.8 Å². The van der Waals surface area contributed by atoms with Gasteiger partial charge in [0.15, 0.2) is 5.82 Å². The Kier molecular flexibility index (Phi) is 5.64. The molecule has 8 heteroatoms. The molecule has 2 aromatic heterocycles. The zero-order chi connectivity index (χ0) is 19.6. The van der Waals surface area contributed by atoms with Gasteiger partial charge in [-0.3, -0.25) is 9.69 Å². The molecule has 3 heterocycles. The van der Waals surface area contributed by atoms with Crippen LogP contribution in [0.4, 0.5) is 0 Å². The first-order valence-corrected chi connectivity index (χ1v) is 9.70. The topological polar surface area (TPSA) is 72.1 Å². The lowest BCUT2D eigenvalue weighted by atomic mass is 9.86. The molecule has 0 unspecified atom stereocenters. The molecule has 0 aromatic carbocycles. The highest BCUT2D eigenvalue weighted by Crippen LogP contribution is 2.35. The quantitative estimate of drug-likeness (QED) is 0.771. The Morgan fingerprint density at radius 3 is 2.78 bits per heavy atom. The number of rotatable bonds is 6. The molecule has 0 bridgehead atoms. The SMILES string of the molecule is CC(C)CCn1nnnc1[C@]1(N(C)C)CCCN(C(=O)c2cccn2C)C1. The van der Waals surface area contributed by atoms with Crippen LogP contribution >= 0.6 is 0 Å². The van der Waals surface area contributed by atoms with Gasteiger partial charge in [-0.15, -0.1) is 5.10 Å². The van der Waals surface area contributed by atoms with Gasteiger partial charge in [0.2, 0.25) is 0 Å². The first-order valence-electron chi connectivity index (χ1n) is 9.70. The van der Waals surface area contributed by atoms with E-state index in [-0.39, 0.29) is 11.4 Å². The molecule has 0 N–H and O–H groups in total. The summed E-state index contributed by atoms with van der Waals surface area (Å²) < 4.78 is 3.80. The maximum Gasteiger partial charge on any atom is 0.270 e. The Morgan fingerprint density at radius 2 is 2.15 bits per heavy atom. The van der Waals surface area contributed by atoms with Crippen LogP contribution in [0, 0.1) is 5.92 Å². The van der Waals surface area contributed by atoms with Crippen molar-refractivity contribution in [2.24, 2.45) is 13.0 Å². The van der Waals surface area contributed by atoms with E-state index in [0.29, 0.717) is 18.2 Å². The third-order valence-electron chi connectivity index (χ3n) is 5.64. The Morgan fingerprint density at radius 1 is 1.37 bits per heavy atom. The highest BCUT2D eigenvalue weighted by molar-refractivity contribution is 5.92. The van der Waals surface area contributed by atoms with Crippen LogP contribution in [-0.2, 0) is 19.1 Å². The van der Waals surface area contributed by atoms with Crippen LogP contribution in [0.2, 0.25) is 0 Å². The number of nitrogens with zero attached hydrogens (tertiary/aromatic N) is 7. The predicted octanol–water partition coefficient (Wildman–Crippen LogP) is 1.75. The third-order valence-corrected chi connectivity index (χ3v) is 5.64. The Labute approximate surface area is 161 Å². The first-order chi connectivity index (χ1) is 12.8. The van der Waals surface area contributed by atoms with Crippen LogP contribution in [-0.4, -0.2) is 67.7 Å². The molecule has 0 aliphatic carbocycles. The van der Waals surface area contributed by atoms with Crippen LogP contribution in [0.15, 0.2) is 18.3 Å². The van der Waals surface area contributed by atoms with E-state index < -0.39 is 0 Å². The number of aromatic nitrogens is 5. The molecule has 1 fully saturated rings. The van der Waals surface area contributed by atoms with E-state index in [9.17, 15) is 4.79 Å². The number of likely N-dealkylation sites (tertiary alicyclic amines) is 1. The number of carbonyl (C=O) groups excluding carboxylic acids is 1. The monoisotopic (exact) mass is 373 g/mol. The number of tetrazole rings is 1. The van der Waals surface area contributed by atoms with E-state index in [1.54, 1.807) is 0 Å². The van der Waals surface area contributed by atoms with Crippen molar-refractivity contribution in [1.82, 2.24) is 34.6 Å². The zero-order valence-corrected chi connectivity index (χ0v) is 17.1. The molecule has 1 amide bonds. The first kappa shape index (κ1) is 19.5. The predicted molar refractivity (Wildman–Crippen MR) is 103 cm³/mol. The number of hydrogen-bond acceptors (Lipinski definition) is 5. The average Bonchev–Trinajstić information content (AvgIpc) is 3.28. The lowest BCUT2D eigenvalue weighted by Crippen LogP contribution is -2.56. The summed E-state index contributed by atoms with van der Waals surface area (Å²) >= 11 is 0. The normalized spacial score (nSPS) is 20.6. The maximum atomic E-state index is 13.1. The molecule has 8 nitrogen and oxygen atoms in total. The highest BCUT2D eigenvalue weighted by Gasteiger charge is 2.45. The second-order valence-electron chi connectivity index (χ2n) is 8.17. The van der Waals surface area contributed by atoms with Crippen molar-refractivity contribution in [2.45, 2.75) is 45.2 Å². The smallest absolute Gasteiger partial charge is 0.270 e. The van der Waals surface area contributed by atoms with Crippen molar-refractivity contribution in [1.29, 1.82) is 0 Å². The molecule has 0 radical (unpaired) electrons. The highest BCUT2D eigenvalue weighted by atomic mass is 16.2. The Balaban J connectivity index is 1.90. The van der Waals surface area contributed by atoms with E-state index in [1.165, 1.54) is 0 Å². The summed E-state index contributed by atoms with van der Waals surface area (Å²) in [4.78, 5) is 17.2. The molecule has 0 spiro atoms. The fraction of sp³-hybridized carbons (Fsp3) is 0.684. The Hall–Kier alpha value is -2.22. The lowest BCUT2D eigenvalue weighted by molar-refractivity contribution is 0.0251. The molecule has 148 valence electrons. The summed E-state index contributed by atoms with van der Waals surface area (Å²) in [6, 6.07) is 3.78. The molecule has 0 saturated carbocycles. The minimum atomic E-state index is -0.375. The minimum absolute atomic E-state index is 0.0645. The summed E-state index contributed by atoms with van der Waals surface area (Å²) in [5.41, 5.74) is 0.337. The summed E-state index contributed by atoms with van der Waals surface area (Å²) in [6.07, 6.45) is 4.78. The molecular weight excluding hydrogens is 342 g/mol. The van der Waals surface area contributed by atoms with Crippen LogP contribution in [0.25, 0.3) is 0 Å². The molecule has 1 atom stereocenters. The van der Waals surface area contributed by atoms with Gasteiger partial charge in [-0.25, -0.2) is 4.68 Å². The van der Waals surface area contributed by atoms with E-state index in [1.807, 2.05) is 39.5 Å². The fourth-order valence-corrected chi connectivity index (χ4v) is 3.87.